The van der Waals surface area contributed by atoms with E-state index in [4.69, 9.17) is 0 Å². The van der Waals surface area contributed by atoms with E-state index < -0.39 is 0 Å². The number of amides is 3. The molecule has 7 nitrogen and oxygen atoms in total. The predicted molar refractivity (Wildman–Crippen MR) is 85.8 cm³/mol. The number of piperazine rings is 1. The summed E-state index contributed by atoms with van der Waals surface area (Å²) < 4.78 is 0. The maximum Gasteiger partial charge on any atom is 0.320 e. The number of aromatic nitrogens is 2. The molecule has 1 aromatic rings. The fourth-order valence-corrected chi connectivity index (χ4v) is 3.42. The molecule has 1 aromatic heterocycles. The van der Waals surface area contributed by atoms with Crippen molar-refractivity contribution in [2.24, 2.45) is 5.92 Å². The van der Waals surface area contributed by atoms with Crippen LogP contribution in [0.2, 0.25) is 0 Å². The van der Waals surface area contributed by atoms with Gasteiger partial charge in [0.15, 0.2) is 0 Å². The highest BCUT2D eigenvalue weighted by Crippen LogP contribution is 2.22. The number of nitrogens with zero attached hydrogens (tertiary/aromatic N) is 4. The monoisotopic (exact) mass is 319 g/mol. The molecular weight excluding hydrogens is 294 g/mol. The largest absolute Gasteiger partial charge is 0.339 e. The van der Waals surface area contributed by atoms with Crippen molar-refractivity contribution in [2.45, 2.75) is 32.7 Å². The summed E-state index contributed by atoms with van der Waals surface area (Å²) in [7, 11) is 0. The zero-order chi connectivity index (χ0) is 16.4. The first-order chi connectivity index (χ1) is 11.0. The lowest BCUT2D eigenvalue weighted by molar-refractivity contribution is -0.133. The van der Waals surface area contributed by atoms with E-state index in [2.05, 4.69) is 24.0 Å². The Morgan fingerprint density at radius 2 is 2.22 bits per heavy atom. The van der Waals surface area contributed by atoms with Crippen LogP contribution >= 0.6 is 0 Å². The van der Waals surface area contributed by atoms with E-state index in [1.807, 2.05) is 20.9 Å². The summed E-state index contributed by atoms with van der Waals surface area (Å²) in [6.45, 7) is 7.72. The van der Waals surface area contributed by atoms with Gasteiger partial charge < -0.3 is 14.7 Å². The fraction of sp³-hybridized carbons (Fsp3) is 0.688. The molecule has 0 aliphatic carbocycles. The molecule has 1 unspecified atom stereocenters. The molecule has 2 saturated heterocycles. The van der Waals surface area contributed by atoms with Crippen molar-refractivity contribution < 1.29 is 9.59 Å². The van der Waals surface area contributed by atoms with E-state index in [-0.39, 0.29) is 18.0 Å². The standard InChI is InChI=1S/C16H25N5O2/c1-12(2)9-20-11-14-10-19(5-6-21(14)16(20)23)15(22)4-3-13-7-17-18-8-13/h7-8,12,14H,3-6,9-11H2,1-2H3,(H,17,18). The van der Waals surface area contributed by atoms with E-state index in [1.165, 1.54) is 0 Å². The summed E-state index contributed by atoms with van der Waals surface area (Å²) in [5, 5.41) is 6.66. The molecule has 0 radical (unpaired) electrons. The Bertz CT molecular complexity index is 557. The lowest BCUT2D eigenvalue weighted by Gasteiger charge is -2.36. The number of urea groups is 1. The summed E-state index contributed by atoms with van der Waals surface area (Å²) in [6, 6.07) is 0.280. The van der Waals surface area contributed by atoms with Gasteiger partial charge in [0, 0.05) is 45.3 Å². The molecule has 7 heteroatoms. The molecular formula is C16H25N5O2. The van der Waals surface area contributed by atoms with Gasteiger partial charge in [0.25, 0.3) is 0 Å². The molecule has 126 valence electrons. The van der Waals surface area contributed by atoms with Gasteiger partial charge in [-0.1, -0.05) is 13.8 Å². The lowest BCUT2D eigenvalue weighted by Crippen LogP contribution is -2.53. The lowest BCUT2D eigenvalue weighted by atomic mass is 10.1. The number of nitrogens with one attached hydrogen (secondary N) is 1. The van der Waals surface area contributed by atoms with Gasteiger partial charge in [-0.3, -0.25) is 9.89 Å². The molecule has 3 heterocycles. The molecule has 23 heavy (non-hydrogen) atoms. The van der Waals surface area contributed by atoms with Crippen LogP contribution in [0, 0.1) is 5.92 Å². The highest BCUT2D eigenvalue weighted by Gasteiger charge is 2.41. The second kappa shape index (κ2) is 6.60. The third kappa shape index (κ3) is 3.48. The topological polar surface area (TPSA) is 72.5 Å². The van der Waals surface area contributed by atoms with Crippen molar-refractivity contribution in [3.05, 3.63) is 18.0 Å². The summed E-state index contributed by atoms with van der Waals surface area (Å²) in [5.41, 5.74) is 1.05. The number of aryl methyl sites for hydroxylation is 1. The number of fused-ring (bicyclic) bond motifs is 1. The van der Waals surface area contributed by atoms with Crippen molar-refractivity contribution in [1.29, 1.82) is 0 Å². The summed E-state index contributed by atoms with van der Waals surface area (Å²) in [5.74, 6) is 0.633. The van der Waals surface area contributed by atoms with Crippen LogP contribution < -0.4 is 0 Å². The average molecular weight is 319 g/mol. The van der Waals surface area contributed by atoms with E-state index in [0.29, 0.717) is 38.4 Å². The van der Waals surface area contributed by atoms with Crippen LogP contribution in [-0.4, -0.2) is 75.6 Å². The van der Waals surface area contributed by atoms with Gasteiger partial charge in [-0.25, -0.2) is 4.79 Å². The van der Waals surface area contributed by atoms with Gasteiger partial charge in [-0.2, -0.15) is 5.10 Å². The highest BCUT2D eigenvalue weighted by molar-refractivity contribution is 5.79. The molecule has 2 aliphatic heterocycles. The van der Waals surface area contributed by atoms with Gasteiger partial charge >= 0.3 is 6.03 Å². The SMILES string of the molecule is CC(C)CN1CC2CN(C(=O)CCc3cn[nH]c3)CCN2C1=O. The fourth-order valence-electron chi connectivity index (χ4n) is 3.42. The first kappa shape index (κ1) is 15.8. The van der Waals surface area contributed by atoms with Gasteiger partial charge in [-0.05, 0) is 17.9 Å². The zero-order valence-electron chi connectivity index (χ0n) is 13.9. The minimum absolute atomic E-state index is 0.134. The Morgan fingerprint density at radius 1 is 1.39 bits per heavy atom. The van der Waals surface area contributed by atoms with Crippen LogP contribution in [0.4, 0.5) is 4.79 Å². The van der Waals surface area contributed by atoms with E-state index in [0.717, 1.165) is 18.7 Å². The van der Waals surface area contributed by atoms with Crippen LogP contribution in [0.25, 0.3) is 0 Å². The van der Waals surface area contributed by atoms with Gasteiger partial charge in [0.2, 0.25) is 5.91 Å². The first-order valence-electron chi connectivity index (χ1n) is 8.35. The zero-order valence-corrected chi connectivity index (χ0v) is 13.9. The number of hydrogen-bond donors (Lipinski definition) is 1. The van der Waals surface area contributed by atoms with Crippen LogP contribution in [0.5, 0.6) is 0 Å². The summed E-state index contributed by atoms with van der Waals surface area (Å²) >= 11 is 0. The van der Waals surface area contributed by atoms with E-state index >= 15 is 0 Å². The molecule has 0 aromatic carbocycles. The number of rotatable bonds is 5. The van der Waals surface area contributed by atoms with Gasteiger partial charge in [0.1, 0.15) is 0 Å². The number of hydrogen-bond acceptors (Lipinski definition) is 3. The Balaban J connectivity index is 1.53. The van der Waals surface area contributed by atoms with E-state index in [1.54, 1.807) is 6.20 Å². The van der Waals surface area contributed by atoms with E-state index in [9.17, 15) is 9.59 Å². The second-order valence-corrected chi connectivity index (χ2v) is 6.87. The van der Waals surface area contributed by atoms with Crippen molar-refractivity contribution in [3.63, 3.8) is 0 Å². The summed E-state index contributed by atoms with van der Waals surface area (Å²) in [6.07, 6.45) is 4.78. The first-order valence-corrected chi connectivity index (χ1v) is 8.35. The van der Waals surface area contributed by atoms with Crippen molar-refractivity contribution in [1.82, 2.24) is 24.9 Å². The Kier molecular flexibility index (Phi) is 4.54. The Hall–Kier alpha value is -2.05. The molecule has 0 saturated carbocycles. The molecule has 3 amide bonds. The highest BCUT2D eigenvalue weighted by atomic mass is 16.2. The molecule has 2 fully saturated rings. The number of carbonyl (C=O) groups excluding carboxylic acids is 2. The molecule has 3 rings (SSSR count). The maximum atomic E-state index is 12.4. The molecule has 0 bridgehead atoms. The molecule has 0 spiro atoms. The maximum absolute atomic E-state index is 12.4. The van der Waals surface area contributed by atoms with Crippen molar-refractivity contribution in [3.8, 4) is 0 Å². The van der Waals surface area contributed by atoms with Crippen LogP contribution in [0.1, 0.15) is 25.8 Å². The van der Waals surface area contributed by atoms with Gasteiger partial charge in [-0.15, -0.1) is 0 Å². The Labute approximate surface area is 136 Å². The number of carbonyl (C=O) groups is 2. The van der Waals surface area contributed by atoms with Crippen LogP contribution in [0.15, 0.2) is 12.4 Å². The second-order valence-electron chi connectivity index (χ2n) is 6.87. The minimum Gasteiger partial charge on any atom is -0.339 e. The number of H-pyrrole nitrogens is 1. The van der Waals surface area contributed by atoms with Crippen LogP contribution in [-0.2, 0) is 11.2 Å². The minimum atomic E-state index is 0.134. The quantitative estimate of drug-likeness (QED) is 0.878. The predicted octanol–water partition coefficient (Wildman–Crippen LogP) is 0.947. The number of aromatic amines is 1. The van der Waals surface area contributed by atoms with Crippen LogP contribution in [0.3, 0.4) is 0 Å². The normalized spacial score (nSPS) is 21.3. The van der Waals surface area contributed by atoms with Crippen molar-refractivity contribution >= 4 is 11.9 Å². The third-order valence-corrected chi connectivity index (χ3v) is 4.55. The van der Waals surface area contributed by atoms with Gasteiger partial charge in [0.05, 0.1) is 12.2 Å². The summed E-state index contributed by atoms with van der Waals surface area (Å²) in [4.78, 5) is 30.5. The molecule has 1 atom stereocenters. The molecule has 1 N–H and O–H groups in total. The van der Waals surface area contributed by atoms with Crippen molar-refractivity contribution in [2.75, 3.05) is 32.7 Å². The third-order valence-electron chi connectivity index (χ3n) is 4.55. The Morgan fingerprint density at radius 3 is 2.91 bits per heavy atom. The average Bonchev–Trinajstić information content (AvgIpc) is 3.13. The molecule has 2 aliphatic rings. The smallest absolute Gasteiger partial charge is 0.320 e.